The summed E-state index contributed by atoms with van der Waals surface area (Å²) >= 11 is 5.27. The molecule has 74 valence electrons. The molecule has 1 aromatic rings. The van der Waals surface area contributed by atoms with Crippen LogP contribution in [-0.2, 0) is 0 Å². The number of nitrogens with one attached hydrogen (secondary N) is 1. The Balaban J connectivity index is 2.24. The molecule has 0 atom stereocenters. The molecule has 3 heteroatoms. The third-order valence-electron chi connectivity index (χ3n) is 2.39. The summed E-state index contributed by atoms with van der Waals surface area (Å²) in [6.07, 6.45) is 1.15. The van der Waals surface area contributed by atoms with Crippen LogP contribution in [0.4, 0.5) is 5.69 Å². The number of thiocarbonyl (C=S) groups is 1. The molecule has 1 N–H and O–H groups in total. The van der Waals surface area contributed by atoms with Gasteiger partial charge < -0.3 is 10.2 Å². The summed E-state index contributed by atoms with van der Waals surface area (Å²) in [7, 11) is 0. The molecule has 1 aliphatic heterocycles. The van der Waals surface area contributed by atoms with Crippen LogP contribution in [0, 0.1) is 6.92 Å². The summed E-state index contributed by atoms with van der Waals surface area (Å²) < 4.78 is 0. The third kappa shape index (κ3) is 1.87. The molecule has 0 spiro atoms. The van der Waals surface area contributed by atoms with Crippen LogP contribution in [0.15, 0.2) is 24.3 Å². The molecule has 0 amide bonds. The molecular weight excluding hydrogens is 192 g/mol. The predicted octanol–water partition coefficient (Wildman–Crippen LogP) is 2.08. The summed E-state index contributed by atoms with van der Waals surface area (Å²) in [5, 5.41) is 4.06. The van der Waals surface area contributed by atoms with Crippen molar-refractivity contribution in [3.8, 4) is 0 Å². The number of rotatable bonds is 1. The van der Waals surface area contributed by atoms with Gasteiger partial charge in [0.2, 0.25) is 0 Å². The normalized spacial score (nSPS) is 16.6. The maximum Gasteiger partial charge on any atom is 0.173 e. The number of anilines is 1. The molecule has 2 nitrogen and oxygen atoms in total. The standard InChI is InChI=1S/C11H14N2S/c1-9-4-2-5-10(8-9)13-7-3-6-12-11(13)14/h2,4-5,8H,3,6-7H2,1H3,(H,12,14). The van der Waals surface area contributed by atoms with E-state index in [-0.39, 0.29) is 0 Å². The van der Waals surface area contributed by atoms with Crippen LogP contribution in [0.2, 0.25) is 0 Å². The number of hydrogen-bond acceptors (Lipinski definition) is 1. The fourth-order valence-corrected chi connectivity index (χ4v) is 1.97. The Kier molecular flexibility index (Phi) is 2.68. The molecule has 0 radical (unpaired) electrons. The molecule has 14 heavy (non-hydrogen) atoms. The zero-order chi connectivity index (χ0) is 9.97. The first-order valence-electron chi connectivity index (χ1n) is 4.89. The first-order valence-corrected chi connectivity index (χ1v) is 5.30. The van der Waals surface area contributed by atoms with Crippen molar-refractivity contribution in [1.29, 1.82) is 0 Å². The first kappa shape index (κ1) is 9.46. The lowest BCUT2D eigenvalue weighted by Crippen LogP contribution is -2.46. The van der Waals surface area contributed by atoms with Gasteiger partial charge in [0, 0.05) is 18.8 Å². The van der Waals surface area contributed by atoms with Gasteiger partial charge in [0.25, 0.3) is 0 Å². The molecule has 1 saturated heterocycles. The monoisotopic (exact) mass is 206 g/mol. The van der Waals surface area contributed by atoms with Crippen LogP contribution < -0.4 is 10.2 Å². The SMILES string of the molecule is Cc1cccc(N2CCCNC2=S)c1. The highest BCUT2D eigenvalue weighted by molar-refractivity contribution is 7.80. The number of nitrogens with zero attached hydrogens (tertiary/aromatic N) is 1. The maximum absolute atomic E-state index is 5.27. The lowest BCUT2D eigenvalue weighted by Gasteiger charge is -2.30. The summed E-state index contributed by atoms with van der Waals surface area (Å²) in [5.74, 6) is 0. The Labute approximate surface area is 89.9 Å². The van der Waals surface area contributed by atoms with Crippen molar-refractivity contribution in [2.24, 2.45) is 0 Å². The average molecular weight is 206 g/mol. The van der Waals surface area contributed by atoms with Crippen molar-refractivity contribution in [2.45, 2.75) is 13.3 Å². The topological polar surface area (TPSA) is 15.3 Å². The highest BCUT2D eigenvalue weighted by atomic mass is 32.1. The van der Waals surface area contributed by atoms with Crippen molar-refractivity contribution in [2.75, 3.05) is 18.0 Å². The maximum atomic E-state index is 5.27. The fraction of sp³-hybridized carbons (Fsp3) is 0.364. The van der Waals surface area contributed by atoms with Crippen molar-refractivity contribution in [1.82, 2.24) is 5.32 Å². The van der Waals surface area contributed by atoms with Gasteiger partial charge in [-0.05, 0) is 43.3 Å². The van der Waals surface area contributed by atoms with E-state index in [9.17, 15) is 0 Å². The Morgan fingerprint density at radius 1 is 1.43 bits per heavy atom. The van der Waals surface area contributed by atoms with Crippen LogP contribution in [0.25, 0.3) is 0 Å². The van der Waals surface area contributed by atoms with Crippen LogP contribution >= 0.6 is 12.2 Å². The number of aryl methyl sites for hydroxylation is 1. The third-order valence-corrected chi connectivity index (χ3v) is 2.76. The summed E-state index contributed by atoms with van der Waals surface area (Å²) in [6.45, 7) is 4.13. The molecular formula is C11H14N2S. The highest BCUT2D eigenvalue weighted by Crippen LogP contribution is 2.17. The van der Waals surface area contributed by atoms with E-state index in [4.69, 9.17) is 12.2 Å². The van der Waals surface area contributed by atoms with E-state index < -0.39 is 0 Å². The smallest absolute Gasteiger partial charge is 0.173 e. The summed E-state index contributed by atoms with van der Waals surface area (Å²) in [4.78, 5) is 2.16. The minimum Gasteiger partial charge on any atom is -0.362 e. The van der Waals surface area contributed by atoms with Crippen molar-refractivity contribution < 1.29 is 0 Å². The van der Waals surface area contributed by atoms with E-state index in [1.807, 2.05) is 0 Å². The van der Waals surface area contributed by atoms with Crippen molar-refractivity contribution in [3.63, 3.8) is 0 Å². The molecule has 0 aliphatic carbocycles. The largest absolute Gasteiger partial charge is 0.362 e. The Hall–Kier alpha value is -1.09. The van der Waals surface area contributed by atoms with Gasteiger partial charge in [-0.15, -0.1) is 0 Å². The molecule has 2 rings (SSSR count). The minimum atomic E-state index is 0.849. The van der Waals surface area contributed by atoms with E-state index in [2.05, 4.69) is 41.4 Å². The Morgan fingerprint density at radius 3 is 3.00 bits per heavy atom. The molecule has 1 heterocycles. The number of benzene rings is 1. The zero-order valence-electron chi connectivity index (χ0n) is 8.29. The molecule has 0 bridgehead atoms. The van der Waals surface area contributed by atoms with Gasteiger partial charge >= 0.3 is 0 Å². The second-order valence-corrected chi connectivity index (χ2v) is 3.96. The average Bonchev–Trinajstić information content (AvgIpc) is 2.18. The number of hydrogen-bond donors (Lipinski definition) is 1. The van der Waals surface area contributed by atoms with E-state index in [1.165, 1.54) is 11.3 Å². The quantitative estimate of drug-likeness (QED) is 0.708. The minimum absolute atomic E-state index is 0.849. The van der Waals surface area contributed by atoms with Crippen molar-refractivity contribution >= 4 is 23.0 Å². The second-order valence-electron chi connectivity index (χ2n) is 3.58. The Morgan fingerprint density at radius 2 is 2.29 bits per heavy atom. The van der Waals surface area contributed by atoms with Crippen LogP contribution in [0.5, 0.6) is 0 Å². The molecule has 1 aromatic carbocycles. The Bertz CT molecular complexity index is 349. The van der Waals surface area contributed by atoms with Gasteiger partial charge in [-0.1, -0.05) is 12.1 Å². The fourth-order valence-electron chi connectivity index (χ4n) is 1.67. The van der Waals surface area contributed by atoms with E-state index in [0.29, 0.717) is 0 Å². The highest BCUT2D eigenvalue weighted by Gasteiger charge is 2.15. The van der Waals surface area contributed by atoms with Gasteiger partial charge in [0.05, 0.1) is 0 Å². The molecule has 0 saturated carbocycles. The van der Waals surface area contributed by atoms with Crippen LogP contribution in [0.1, 0.15) is 12.0 Å². The molecule has 0 unspecified atom stereocenters. The molecule has 1 aliphatic rings. The van der Waals surface area contributed by atoms with E-state index in [0.717, 1.165) is 24.6 Å². The van der Waals surface area contributed by atoms with E-state index >= 15 is 0 Å². The second kappa shape index (κ2) is 3.96. The summed E-state index contributed by atoms with van der Waals surface area (Å²) in [5.41, 5.74) is 2.47. The van der Waals surface area contributed by atoms with Crippen molar-refractivity contribution in [3.05, 3.63) is 29.8 Å². The lowest BCUT2D eigenvalue weighted by molar-refractivity contribution is 0.723. The van der Waals surface area contributed by atoms with Gasteiger partial charge in [-0.2, -0.15) is 0 Å². The van der Waals surface area contributed by atoms with E-state index in [1.54, 1.807) is 0 Å². The van der Waals surface area contributed by atoms with Gasteiger partial charge in [0.15, 0.2) is 5.11 Å². The van der Waals surface area contributed by atoms with Gasteiger partial charge in [0.1, 0.15) is 0 Å². The predicted molar refractivity (Wildman–Crippen MR) is 63.7 cm³/mol. The summed E-state index contributed by atoms with van der Waals surface area (Å²) in [6, 6.07) is 8.44. The van der Waals surface area contributed by atoms with Gasteiger partial charge in [-0.3, -0.25) is 0 Å². The molecule has 1 fully saturated rings. The molecule has 0 aromatic heterocycles. The van der Waals surface area contributed by atoms with Gasteiger partial charge in [-0.25, -0.2) is 0 Å². The van der Waals surface area contributed by atoms with Crippen LogP contribution in [0.3, 0.4) is 0 Å². The zero-order valence-corrected chi connectivity index (χ0v) is 9.10. The first-order chi connectivity index (χ1) is 6.77. The lowest BCUT2D eigenvalue weighted by atomic mass is 10.2. The van der Waals surface area contributed by atoms with Crippen LogP contribution in [-0.4, -0.2) is 18.2 Å².